The minimum Gasteiger partial charge on any atom is -0.494 e. The molecule has 0 saturated heterocycles. The van der Waals surface area contributed by atoms with Crippen LogP contribution in [-0.2, 0) is 0 Å². The zero-order valence-electron chi connectivity index (χ0n) is 9.90. The lowest BCUT2D eigenvalue weighted by molar-refractivity contribution is 0.308. The van der Waals surface area contributed by atoms with Crippen LogP contribution in [0.5, 0.6) is 5.75 Å². The fraction of sp³-hybridized carbons (Fsp3) is 0.364. The molecule has 0 aliphatic heterocycles. The van der Waals surface area contributed by atoms with Gasteiger partial charge in [-0.25, -0.2) is 4.68 Å². The van der Waals surface area contributed by atoms with E-state index in [4.69, 9.17) is 10.5 Å². The van der Waals surface area contributed by atoms with Crippen molar-refractivity contribution in [3.05, 3.63) is 30.6 Å². The van der Waals surface area contributed by atoms with Gasteiger partial charge in [0.05, 0.1) is 12.3 Å². The van der Waals surface area contributed by atoms with Crippen LogP contribution in [0.15, 0.2) is 30.6 Å². The van der Waals surface area contributed by atoms with Gasteiger partial charge < -0.3 is 10.5 Å². The molecule has 1 aromatic heterocycles. The first-order valence-electron chi connectivity index (χ1n) is 5.56. The number of tetrazole rings is 1. The van der Waals surface area contributed by atoms with Crippen LogP contribution in [0.25, 0.3) is 5.69 Å². The summed E-state index contributed by atoms with van der Waals surface area (Å²) in [5, 5.41) is 11.0. The molecular weight excluding hydrogens is 254 g/mol. The molecule has 18 heavy (non-hydrogen) atoms. The van der Waals surface area contributed by atoms with E-state index in [0.717, 1.165) is 24.3 Å². The Hall–Kier alpha value is -1.66. The van der Waals surface area contributed by atoms with Crippen LogP contribution in [0.3, 0.4) is 0 Å². The third-order valence-corrected chi connectivity index (χ3v) is 2.32. The number of hydrogen-bond donors (Lipinski definition) is 1. The van der Waals surface area contributed by atoms with Crippen LogP contribution in [0.2, 0.25) is 0 Å². The number of nitrogens with zero attached hydrogens (tertiary/aromatic N) is 4. The lowest BCUT2D eigenvalue weighted by atomic mass is 10.3. The summed E-state index contributed by atoms with van der Waals surface area (Å²) in [6.07, 6.45) is 3.52. The van der Waals surface area contributed by atoms with Crippen molar-refractivity contribution in [2.24, 2.45) is 5.73 Å². The maximum absolute atomic E-state index is 5.56. The van der Waals surface area contributed by atoms with Gasteiger partial charge in [-0.05, 0) is 54.1 Å². The van der Waals surface area contributed by atoms with E-state index in [9.17, 15) is 0 Å². The molecule has 6 nitrogen and oxygen atoms in total. The summed E-state index contributed by atoms with van der Waals surface area (Å²) in [6.45, 7) is 1.41. The maximum Gasteiger partial charge on any atom is 0.143 e. The number of halogens is 1. The van der Waals surface area contributed by atoms with Gasteiger partial charge in [0.15, 0.2) is 0 Å². The summed E-state index contributed by atoms with van der Waals surface area (Å²) in [5.74, 6) is 0.846. The van der Waals surface area contributed by atoms with Crippen molar-refractivity contribution in [3.63, 3.8) is 0 Å². The Bertz CT molecular complexity index is 431. The molecule has 0 bridgehead atoms. The number of ether oxygens (including phenoxy) is 1. The number of nitrogens with two attached hydrogens (primary N) is 1. The topological polar surface area (TPSA) is 78.9 Å². The van der Waals surface area contributed by atoms with E-state index in [1.807, 2.05) is 24.3 Å². The standard InChI is InChI=1S/C11H15N5O.ClH/c12-7-1-2-8-17-11-5-3-10(4-6-11)16-9-13-14-15-16;/h3-6,9H,1-2,7-8,12H2;1H. The molecule has 1 aromatic carbocycles. The fourth-order valence-electron chi connectivity index (χ4n) is 1.41. The zero-order chi connectivity index (χ0) is 11.9. The Morgan fingerprint density at radius 1 is 1.17 bits per heavy atom. The molecule has 0 saturated carbocycles. The van der Waals surface area contributed by atoms with Crippen molar-refractivity contribution < 1.29 is 4.74 Å². The second-order valence-electron chi connectivity index (χ2n) is 3.59. The van der Waals surface area contributed by atoms with Crippen LogP contribution in [0.1, 0.15) is 12.8 Å². The van der Waals surface area contributed by atoms with Crippen molar-refractivity contribution in [2.75, 3.05) is 13.2 Å². The molecule has 1 heterocycles. The van der Waals surface area contributed by atoms with Gasteiger partial charge in [-0.15, -0.1) is 17.5 Å². The third kappa shape index (κ3) is 3.97. The third-order valence-electron chi connectivity index (χ3n) is 2.32. The van der Waals surface area contributed by atoms with Gasteiger partial charge in [0.2, 0.25) is 0 Å². The summed E-state index contributed by atoms with van der Waals surface area (Å²) < 4.78 is 7.16. The van der Waals surface area contributed by atoms with Gasteiger partial charge in [0, 0.05) is 0 Å². The van der Waals surface area contributed by atoms with Gasteiger partial charge >= 0.3 is 0 Å². The highest BCUT2D eigenvalue weighted by molar-refractivity contribution is 5.85. The molecule has 0 atom stereocenters. The number of aromatic nitrogens is 4. The largest absolute Gasteiger partial charge is 0.494 e. The van der Waals surface area contributed by atoms with E-state index in [-0.39, 0.29) is 12.4 Å². The monoisotopic (exact) mass is 269 g/mol. The van der Waals surface area contributed by atoms with Gasteiger partial charge in [-0.1, -0.05) is 0 Å². The average Bonchev–Trinajstić information content (AvgIpc) is 2.89. The Kier molecular flexibility index (Phi) is 6.10. The molecule has 0 spiro atoms. The first kappa shape index (κ1) is 14.4. The summed E-state index contributed by atoms with van der Waals surface area (Å²) >= 11 is 0. The highest BCUT2D eigenvalue weighted by Gasteiger charge is 1.98. The molecule has 2 rings (SSSR count). The highest BCUT2D eigenvalue weighted by Crippen LogP contribution is 2.14. The summed E-state index contributed by atoms with van der Waals surface area (Å²) in [4.78, 5) is 0. The fourth-order valence-corrected chi connectivity index (χ4v) is 1.41. The SMILES string of the molecule is Cl.NCCCCOc1ccc(-n2cnnn2)cc1. The van der Waals surface area contributed by atoms with Crippen molar-refractivity contribution in [1.82, 2.24) is 20.2 Å². The number of hydrogen-bond acceptors (Lipinski definition) is 5. The number of benzene rings is 1. The summed E-state index contributed by atoms with van der Waals surface area (Å²) in [7, 11) is 0. The lowest BCUT2D eigenvalue weighted by Crippen LogP contribution is -2.03. The molecule has 7 heteroatoms. The summed E-state index contributed by atoms with van der Waals surface area (Å²) in [5.41, 5.74) is 6.31. The Labute approximate surface area is 112 Å². The van der Waals surface area contributed by atoms with Crippen LogP contribution in [0.4, 0.5) is 0 Å². The average molecular weight is 270 g/mol. The number of unbranched alkanes of at least 4 members (excludes halogenated alkanes) is 1. The van der Waals surface area contributed by atoms with E-state index >= 15 is 0 Å². The predicted octanol–water partition coefficient (Wildman–Crippen LogP) is 1.20. The second-order valence-corrected chi connectivity index (χ2v) is 3.59. The van der Waals surface area contributed by atoms with Gasteiger partial charge in [0.25, 0.3) is 0 Å². The molecule has 98 valence electrons. The zero-order valence-corrected chi connectivity index (χ0v) is 10.7. The van der Waals surface area contributed by atoms with E-state index in [0.29, 0.717) is 13.2 Å². The van der Waals surface area contributed by atoms with E-state index < -0.39 is 0 Å². The minimum absolute atomic E-state index is 0. The van der Waals surface area contributed by atoms with Gasteiger partial charge in [0.1, 0.15) is 12.1 Å². The van der Waals surface area contributed by atoms with Gasteiger partial charge in [-0.3, -0.25) is 0 Å². The second kappa shape index (κ2) is 7.62. The van der Waals surface area contributed by atoms with Crippen molar-refractivity contribution >= 4 is 12.4 Å². The molecule has 0 aliphatic rings. The Morgan fingerprint density at radius 2 is 1.94 bits per heavy atom. The summed E-state index contributed by atoms with van der Waals surface area (Å²) in [6, 6.07) is 7.63. The van der Waals surface area contributed by atoms with Crippen LogP contribution in [0, 0.1) is 0 Å². The quantitative estimate of drug-likeness (QED) is 0.797. The molecular formula is C11H16ClN5O. The molecule has 0 fully saturated rings. The van der Waals surface area contributed by atoms with Crippen LogP contribution >= 0.6 is 12.4 Å². The normalized spacial score (nSPS) is 9.83. The molecule has 2 aromatic rings. The first-order chi connectivity index (χ1) is 8.40. The van der Waals surface area contributed by atoms with E-state index in [2.05, 4.69) is 15.5 Å². The first-order valence-corrected chi connectivity index (χ1v) is 5.56. The smallest absolute Gasteiger partial charge is 0.143 e. The Morgan fingerprint density at radius 3 is 2.56 bits per heavy atom. The van der Waals surface area contributed by atoms with Crippen molar-refractivity contribution in [2.45, 2.75) is 12.8 Å². The van der Waals surface area contributed by atoms with Crippen LogP contribution in [-0.4, -0.2) is 33.4 Å². The maximum atomic E-state index is 5.56. The Balaban J connectivity index is 0.00000162. The van der Waals surface area contributed by atoms with Crippen molar-refractivity contribution in [1.29, 1.82) is 0 Å². The molecule has 0 amide bonds. The highest BCUT2D eigenvalue weighted by atomic mass is 35.5. The molecule has 2 N–H and O–H groups in total. The van der Waals surface area contributed by atoms with Crippen LogP contribution < -0.4 is 10.5 Å². The van der Waals surface area contributed by atoms with Gasteiger partial charge in [-0.2, -0.15) is 0 Å². The molecule has 0 unspecified atom stereocenters. The lowest BCUT2D eigenvalue weighted by Gasteiger charge is -2.06. The predicted molar refractivity (Wildman–Crippen MR) is 70.2 cm³/mol. The minimum atomic E-state index is 0. The van der Waals surface area contributed by atoms with E-state index in [1.54, 1.807) is 11.0 Å². The van der Waals surface area contributed by atoms with E-state index in [1.165, 1.54) is 0 Å². The van der Waals surface area contributed by atoms with Crippen molar-refractivity contribution in [3.8, 4) is 11.4 Å². The number of rotatable bonds is 6. The molecule has 0 radical (unpaired) electrons. The molecule has 0 aliphatic carbocycles.